The summed E-state index contributed by atoms with van der Waals surface area (Å²) in [5.74, 6) is -0.842. The Morgan fingerprint density at radius 1 is 1.00 bits per heavy atom. The molecule has 1 unspecified atom stereocenters. The van der Waals surface area contributed by atoms with Crippen molar-refractivity contribution in [1.29, 1.82) is 0 Å². The van der Waals surface area contributed by atoms with Crippen molar-refractivity contribution in [3.05, 3.63) is 64.7 Å². The van der Waals surface area contributed by atoms with Crippen LogP contribution in [0.1, 0.15) is 34.0 Å². The number of hydrogen-bond donors (Lipinski definition) is 1. The van der Waals surface area contributed by atoms with Crippen LogP contribution in [0.25, 0.3) is 0 Å². The molecule has 0 saturated carbocycles. The molecule has 0 aliphatic carbocycles. The standard InChI is InChI=1S/C19H21NO3/c1-12-8-10-16(11-9-12)20-18(21)15(4)23-19(22)17-7-5-6-13(2)14(17)3/h5-11,15H,1-4H3,(H,20,21). The second-order valence-electron chi connectivity index (χ2n) is 5.65. The minimum Gasteiger partial charge on any atom is -0.449 e. The highest BCUT2D eigenvalue weighted by atomic mass is 16.5. The highest BCUT2D eigenvalue weighted by molar-refractivity contribution is 5.97. The number of aryl methyl sites for hydroxylation is 2. The van der Waals surface area contributed by atoms with E-state index in [4.69, 9.17) is 4.74 Å². The number of amides is 1. The minimum absolute atomic E-state index is 0.354. The Kier molecular flexibility index (Phi) is 5.16. The Bertz CT molecular complexity index is 720. The molecule has 2 aromatic rings. The molecule has 0 bridgehead atoms. The van der Waals surface area contributed by atoms with Gasteiger partial charge in [-0.1, -0.05) is 29.8 Å². The van der Waals surface area contributed by atoms with Crippen molar-refractivity contribution in [1.82, 2.24) is 0 Å². The summed E-state index contributed by atoms with van der Waals surface area (Å²) >= 11 is 0. The molecule has 4 heteroatoms. The zero-order valence-corrected chi connectivity index (χ0v) is 13.8. The van der Waals surface area contributed by atoms with E-state index >= 15 is 0 Å². The van der Waals surface area contributed by atoms with Crippen LogP contribution in [0.15, 0.2) is 42.5 Å². The van der Waals surface area contributed by atoms with Gasteiger partial charge in [0.2, 0.25) is 0 Å². The fourth-order valence-corrected chi connectivity index (χ4v) is 2.13. The topological polar surface area (TPSA) is 55.4 Å². The number of carbonyl (C=O) groups is 2. The van der Waals surface area contributed by atoms with E-state index in [1.807, 2.05) is 51.1 Å². The maximum absolute atomic E-state index is 12.2. The first-order valence-electron chi connectivity index (χ1n) is 7.53. The number of nitrogens with one attached hydrogen (secondary N) is 1. The van der Waals surface area contributed by atoms with E-state index in [2.05, 4.69) is 5.32 Å². The van der Waals surface area contributed by atoms with Gasteiger partial charge in [0.25, 0.3) is 5.91 Å². The van der Waals surface area contributed by atoms with E-state index < -0.39 is 12.1 Å². The van der Waals surface area contributed by atoms with Gasteiger partial charge in [-0.25, -0.2) is 4.79 Å². The van der Waals surface area contributed by atoms with Crippen molar-refractivity contribution in [2.75, 3.05) is 5.32 Å². The van der Waals surface area contributed by atoms with Crippen molar-refractivity contribution < 1.29 is 14.3 Å². The zero-order valence-electron chi connectivity index (χ0n) is 13.8. The van der Waals surface area contributed by atoms with Crippen LogP contribution < -0.4 is 5.32 Å². The zero-order chi connectivity index (χ0) is 17.0. The number of ether oxygens (including phenoxy) is 1. The maximum Gasteiger partial charge on any atom is 0.339 e. The fourth-order valence-electron chi connectivity index (χ4n) is 2.13. The average Bonchev–Trinajstić information content (AvgIpc) is 2.52. The highest BCUT2D eigenvalue weighted by Crippen LogP contribution is 2.15. The van der Waals surface area contributed by atoms with Gasteiger partial charge >= 0.3 is 5.97 Å². The molecule has 0 aromatic heterocycles. The lowest BCUT2D eigenvalue weighted by Gasteiger charge is -2.15. The molecule has 0 fully saturated rings. The summed E-state index contributed by atoms with van der Waals surface area (Å²) in [6.45, 7) is 7.33. The minimum atomic E-state index is -0.872. The molecule has 1 N–H and O–H groups in total. The van der Waals surface area contributed by atoms with E-state index in [0.29, 0.717) is 11.3 Å². The quantitative estimate of drug-likeness (QED) is 0.874. The van der Waals surface area contributed by atoms with Crippen molar-refractivity contribution in [3.63, 3.8) is 0 Å². The van der Waals surface area contributed by atoms with Gasteiger partial charge in [-0.15, -0.1) is 0 Å². The monoisotopic (exact) mass is 311 g/mol. The molecule has 0 aliphatic heterocycles. The van der Waals surface area contributed by atoms with Crippen LogP contribution in [0.3, 0.4) is 0 Å². The lowest BCUT2D eigenvalue weighted by molar-refractivity contribution is -0.123. The molecular formula is C19H21NO3. The molecule has 23 heavy (non-hydrogen) atoms. The predicted molar refractivity (Wildman–Crippen MR) is 90.6 cm³/mol. The Labute approximate surface area is 136 Å². The molecule has 0 radical (unpaired) electrons. The third-order valence-corrected chi connectivity index (χ3v) is 3.80. The molecule has 0 saturated heterocycles. The van der Waals surface area contributed by atoms with Crippen molar-refractivity contribution in [2.24, 2.45) is 0 Å². The molecule has 2 rings (SSSR count). The number of hydrogen-bond acceptors (Lipinski definition) is 3. The summed E-state index contributed by atoms with van der Waals surface area (Å²) in [6.07, 6.45) is -0.872. The highest BCUT2D eigenvalue weighted by Gasteiger charge is 2.20. The molecule has 2 aromatic carbocycles. The largest absolute Gasteiger partial charge is 0.449 e. The lowest BCUT2D eigenvalue weighted by Crippen LogP contribution is -2.30. The van der Waals surface area contributed by atoms with Gasteiger partial charge in [-0.05, 0) is 57.0 Å². The van der Waals surface area contributed by atoms with Gasteiger partial charge in [0.1, 0.15) is 0 Å². The summed E-state index contributed by atoms with van der Waals surface area (Å²) in [4.78, 5) is 24.4. The van der Waals surface area contributed by atoms with Crippen molar-refractivity contribution >= 4 is 17.6 Å². The Morgan fingerprint density at radius 2 is 1.65 bits per heavy atom. The van der Waals surface area contributed by atoms with Crippen LogP contribution in [-0.4, -0.2) is 18.0 Å². The SMILES string of the molecule is Cc1ccc(NC(=O)C(C)OC(=O)c2cccc(C)c2C)cc1. The number of rotatable bonds is 4. The third-order valence-electron chi connectivity index (χ3n) is 3.80. The van der Waals surface area contributed by atoms with Gasteiger partial charge < -0.3 is 10.1 Å². The Morgan fingerprint density at radius 3 is 2.30 bits per heavy atom. The first-order valence-corrected chi connectivity index (χ1v) is 7.53. The van der Waals surface area contributed by atoms with Gasteiger partial charge in [0.05, 0.1) is 5.56 Å². The molecule has 0 spiro atoms. The van der Waals surface area contributed by atoms with Gasteiger partial charge in [-0.3, -0.25) is 4.79 Å². The van der Waals surface area contributed by atoms with Crippen molar-refractivity contribution in [3.8, 4) is 0 Å². The van der Waals surface area contributed by atoms with E-state index in [0.717, 1.165) is 16.7 Å². The number of carbonyl (C=O) groups excluding carboxylic acids is 2. The normalized spacial score (nSPS) is 11.7. The summed E-state index contributed by atoms with van der Waals surface area (Å²) in [7, 11) is 0. The summed E-state index contributed by atoms with van der Waals surface area (Å²) in [5, 5.41) is 2.74. The number of anilines is 1. The summed E-state index contributed by atoms with van der Waals surface area (Å²) in [5.41, 5.74) is 4.15. The van der Waals surface area contributed by atoms with E-state index in [9.17, 15) is 9.59 Å². The van der Waals surface area contributed by atoms with E-state index in [-0.39, 0.29) is 5.91 Å². The van der Waals surface area contributed by atoms with Crippen LogP contribution in [0.2, 0.25) is 0 Å². The molecular weight excluding hydrogens is 290 g/mol. The Balaban J connectivity index is 2.01. The van der Waals surface area contributed by atoms with Gasteiger partial charge in [0, 0.05) is 5.69 Å². The second-order valence-corrected chi connectivity index (χ2v) is 5.65. The predicted octanol–water partition coefficient (Wildman–Crippen LogP) is 3.80. The van der Waals surface area contributed by atoms with Gasteiger partial charge in [-0.2, -0.15) is 0 Å². The molecule has 1 atom stereocenters. The summed E-state index contributed by atoms with van der Waals surface area (Å²) in [6, 6.07) is 12.9. The smallest absolute Gasteiger partial charge is 0.339 e. The first kappa shape index (κ1) is 16.7. The van der Waals surface area contributed by atoms with Crippen LogP contribution in [0.5, 0.6) is 0 Å². The average molecular weight is 311 g/mol. The molecule has 120 valence electrons. The van der Waals surface area contributed by atoms with Crippen molar-refractivity contribution in [2.45, 2.75) is 33.8 Å². The van der Waals surface area contributed by atoms with Crippen LogP contribution in [0.4, 0.5) is 5.69 Å². The lowest BCUT2D eigenvalue weighted by atomic mass is 10.0. The van der Waals surface area contributed by atoms with Crippen LogP contribution >= 0.6 is 0 Å². The van der Waals surface area contributed by atoms with Gasteiger partial charge in [0.15, 0.2) is 6.10 Å². The van der Waals surface area contributed by atoms with E-state index in [1.165, 1.54) is 0 Å². The second kappa shape index (κ2) is 7.09. The fraction of sp³-hybridized carbons (Fsp3) is 0.263. The van der Waals surface area contributed by atoms with Crippen LogP contribution in [0, 0.1) is 20.8 Å². The molecule has 4 nitrogen and oxygen atoms in total. The summed E-state index contributed by atoms with van der Waals surface area (Å²) < 4.78 is 5.28. The molecule has 0 aliphatic rings. The molecule has 1 amide bonds. The number of benzene rings is 2. The van der Waals surface area contributed by atoms with E-state index in [1.54, 1.807) is 19.1 Å². The third kappa shape index (κ3) is 4.19. The maximum atomic E-state index is 12.2. The first-order chi connectivity index (χ1) is 10.9. The molecule has 0 heterocycles. The Hall–Kier alpha value is -2.62. The van der Waals surface area contributed by atoms with Crippen LogP contribution in [-0.2, 0) is 9.53 Å². The number of esters is 1.